The summed E-state index contributed by atoms with van der Waals surface area (Å²) in [7, 11) is 0. The zero-order chi connectivity index (χ0) is 14.1. The Morgan fingerprint density at radius 2 is 1.85 bits per heavy atom. The number of benzene rings is 1. The number of carbonyl (C=O) groups excluding carboxylic acids is 1. The van der Waals surface area contributed by atoms with Crippen LogP contribution in [0.5, 0.6) is 0 Å². The second kappa shape index (κ2) is 4.69. The first-order chi connectivity index (χ1) is 9.63. The molecule has 0 radical (unpaired) electrons. The second-order valence-electron chi connectivity index (χ2n) is 4.06. The molecule has 0 bridgehead atoms. The van der Waals surface area contributed by atoms with Crippen molar-refractivity contribution in [2.75, 3.05) is 5.32 Å². The van der Waals surface area contributed by atoms with Gasteiger partial charge in [0.1, 0.15) is 11.6 Å². The number of pyridine rings is 1. The van der Waals surface area contributed by atoms with Crippen LogP contribution in [-0.4, -0.2) is 20.5 Å². The zero-order valence-corrected chi connectivity index (χ0v) is 10.0. The predicted molar refractivity (Wildman–Crippen MR) is 67.3 cm³/mol. The maximum Gasteiger partial charge on any atom is 0.258 e. The van der Waals surface area contributed by atoms with E-state index in [1.807, 2.05) is 0 Å². The minimum atomic E-state index is -0.818. The van der Waals surface area contributed by atoms with Crippen molar-refractivity contribution >= 4 is 17.5 Å². The summed E-state index contributed by atoms with van der Waals surface area (Å²) in [5.74, 6) is -2.13. The van der Waals surface area contributed by atoms with E-state index in [2.05, 4.69) is 15.5 Å². The maximum absolute atomic E-state index is 13.1. The Hall–Kier alpha value is -2.83. The molecule has 0 saturated heterocycles. The average molecular weight is 274 g/mol. The van der Waals surface area contributed by atoms with E-state index < -0.39 is 17.5 Å². The molecule has 1 N–H and O–H groups in total. The standard InChI is InChI=1S/C13H8F2N4O/c14-9-5-8(6-10(15)7-9)12(20)16-13-18-17-11-3-1-2-4-19(11)13/h1-7H,(H,16,18,20). The van der Waals surface area contributed by atoms with Crippen molar-refractivity contribution in [3.63, 3.8) is 0 Å². The summed E-state index contributed by atoms with van der Waals surface area (Å²) in [6, 6.07) is 7.82. The van der Waals surface area contributed by atoms with Gasteiger partial charge in [-0.1, -0.05) is 6.07 Å². The van der Waals surface area contributed by atoms with Gasteiger partial charge in [-0.05, 0) is 24.3 Å². The first-order valence-corrected chi connectivity index (χ1v) is 5.71. The summed E-state index contributed by atoms with van der Waals surface area (Å²) in [5.41, 5.74) is 0.420. The van der Waals surface area contributed by atoms with Crippen molar-refractivity contribution in [1.82, 2.24) is 14.6 Å². The van der Waals surface area contributed by atoms with Crippen molar-refractivity contribution in [3.05, 3.63) is 59.8 Å². The third kappa shape index (κ3) is 2.20. The molecule has 3 rings (SSSR count). The van der Waals surface area contributed by atoms with Crippen molar-refractivity contribution in [2.24, 2.45) is 0 Å². The molecule has 100 valence electrons. The normalized spacial score (nSPS) is 10.7. The molecule has 3 aromatic rings. The molecule has 0 fully saturated rings. The Morgan fingerprint density at radius 3 is 2.60 bits per heavy atom. The molecule has 5 nitrogen and oxygen atoms in total. The highest BCUT2D eigenvalue weighted by molar-refractivity contribution is 6.03. The number of amides is 1. The second-order valence-corrected chi connectivity index (χ2v) is 4.06. The molecule has 0 aliphatic rings. The molecule has 20 heavy (non-hydrogen) atoms. The summed E-state index contributed by atoms with van der Waals surface area (Å²) < 4.78 is 27.7. The number of hydrogen-bond acceptors (Lipinski definition) is 3. The number of fused-ring (bicyclic) bond motifs is 1. The summed E-state index contributed by atoms with van der Waals surface area (Å²) in [5, 5.41) is 10.1. The van der Waals surface area contributed by atoms with Crippen LogP contribution in [0.4, 0.5) is 14.7 Å². The molecule has 2 heterocycles. The first kappa shape index (κ1) is 12.2. The van der Waals surface area contributed by atoms with Crippen LogP contribution in [0.1, 0.15) is 10.4 Å². The van der Waals surface area contributed by atoms with E-state index in [1.165, 1.54) is 0 Å². The largest absolute Gasteiger partial charge is 0.290 e. The number of anilines is 1. The van der Waals surface area contributed by atoms with E-state index >= 15 is 0 Å². The molecule has 1 aromatic carbocycles. The van der Waals surface area contributed by atoms with Gasteiger partial charge in [-0.2, -0.15) is 0 Å². The number of carbonyl (C=O) groups is 1. The molecule has 2 aromatic heterocycles. The van der Waals surface area contributed by atoms with Crippen LogP contribution in [0.15, 0.2) is 42.6 Å². The van der Waals surface area contributed by atoms with E-state index in [0.29, 0.717) is 11.7 Å². The van der Waals surface area contributed by atoms with Crippen LogP contribution in [0.3, 0.4) is 0 Å². The van der Waals surface area contributed by atoms with Gasteiger partial charge in [0.25, 0.3) is 5.91 Å². The fourth-order valence-corrected chi connectivity index (χ4v) is 1.79. The Kier molecular flexibility index (Phi) is 2.86. The minimum Gasteiger partial charge on any atom is -0.290 e. The molecule has 0 saturated carbocycles. The molecule has 1 amide bonds. The topological polar surface area (TPSA) is 59.3 Å². The van der Waals surface area contributed by atoms with E-state index in [4.69, 9.17) is 0 Å². The van der Waals surface area contributed by atoms with Gasteiger partial charge in [0.05, 0.1) is 0 Å². The van der Waals surface area contributed by atoms with Crippen LogP contribution in [-0.2, 0) is 0 Å². The van der Waals surface area contributed by atoms with Gasteiger partial charge in [-0.25, -0.2) is 8.78 Å². The van der Waals surface area contributed by atoms with Crippen LogP contribution in [0.25, 0.3) is 5.65 Å². The quantitative estimate of drug-likeness (QED) is 0.779. The lowest BCUT2D eigenvalue weighted by molar-refractivity contribution is 0.102. The van der Waals surface area contributed by atoms with Crippen molar-refractivity contribution in [2.45, 2.75) is 0 Å². The number of halogens is 2. The van der Waals surface area contributed by atoms with Crippen LogP contribution in [0, 0.1) is 11.6 Å². The fraction of sp³-hybridized carbons (Fsp3) is 0. The highest BCUT2D eigenvalue weighted by Crippen LogP contribution is 2.12. The lowest BCUT2D eigenvalue weighted by Crippen LogP contribution is -2.14. The monoisotopic (exact) mass is 274 g/mol. The highest BCUT2D eigenvalue weighted by atomic mass is 19.1. The van der Waals surface area contributed by atoms with Crippen molar-refractivity contribution < 1.29 is 13.6 Å². The van der Waals surface area contributed by atoms with E-state index in [-0.39, 0.29) is 11.5 Å². The Labute approximate surface area is 111 Å². The minimum absolute atomic E-state index is 0.129. The maximum atomic E-state index is 13.1. The lowest BCUT2D eigenvalue weighted by Gasteiger charge is -2.03. The fourth-order valence-electron chi connectivity index (χ4n) is 1.79. The predicted octanol–water partition coefficient (Wildman–Crippen LogP) is 2.26. The molecule has 0 aliphatic heterocycles. The van der Waals surface area contributed by atoms with Gasteiger partial charge in [0.2, 0.25) is 5.95 Å². The number of rotatable bonds is 2. The molecular weight excluding hydrogens is 266 g/mol. The molecule has 0 unspecified atom stereocenters. The van der Waals surface area contributed by atoms with Gasteiger partial charge < -0.3 is 0 Å². The number of nitrogens with one attached hydrogen (secondary N) is 1. The Balaban J connectivity index is 1.92. The smallest absolute Gasteiger partial charge is 0.258 e. The van der Waals surface area contributed by atoms with Gasteiger partial charge in [-0.3, -0.25) is 14.5 Å². The number of hydrogen-bond donors (Lipinski definition) is 1. The molecular formula is C13H8F2N4O. The highest BCUT2D eigenvalue weighted by Gasteiger charge is 2.12. The Bertz CT molecular complexity index is 780. The number of aromatic nitrogens is 3. The van der Waals surface area contributed by atoms with E-state index in [0.717, 1.165) is 12.1 Å². The summed E-state index contributed by atoms with van der Waals surface area (Å²) in [4.78, 5) is 11.9. The molecule has 0 atom stereocenters. The SMILES string of the molecule is O=C(Nc1nnc2ccccn12)c1cc(F)cc(F)c1. The van der Waals surface area contributed by atoms with E-state index in [1.54, 1.807) is 28.8 Å². The van der Waals surface area contributed by atoms with Crippen LogP contribution >= 0.6 is 0 Å². The van der Waals surface area contributed by atoms with Gasteiger partial charge >= 0.3 is 0 Å². The molecule has 0 aliphatic carbocycles. The lowest BCUT2D eigenvalue weighted by atomic mass is 10.2. The van der Waals surface area contributed by atoms with Crippen LogP contribution < -0.4 is 5.32 Å². The Morgan fingerprint density at radius 1 is 1.10 bits per heavy atom. The number of nitrogens with zero attached hydrogens (tertiary/aromatic N) is 3. The third-order valence-corrected chi connectivity index (χ3v) is 2.66. The molecule has 0 spiro atoms. The summed E-state index contributed by atoms with van der Waals surface area (Å²) >= 11 is 0. The van der Waals surface area contributed by atoms with Gasteiger partial charge in [0.15, 0.2) is 5.65 Å². The summed E-state index contributed by atoms with van der Waals surface area (Å²) in [6.07, 6.45) is 1.66. The third-order valence-electron chi connectivity index (χ3n) is 2.66. The van der Waals surface area contributed by atoms with Gasteiger partial charge in [-0.15, -0.1) is 10.2 Å². The van der Waals surface area contributed by atoms with Gasteiger partial charge in [0, 0.05) is 17.8 Å². The molecule has 7 heteroatoms. The van der Waals surface area contributed by atoms with E-state index in [9.17, 15) is 13.6 Å². The first-order valence-electron chi connectivity index (χ1n) is 5.71. The zero-order valence-electron chi connectivity index (χ0n) is 10.0. The van der Waals surface area contributed by atoms with Crippen molar-refractivity contribution in [1.29, 1.82) is 0 Å². The average Bonchev–Trinajstić information content (AvgIpc) is 2.81. The summed E-state index contributed by atoms with van der Waals surface area (Å²) in [6.45, 7) is 0. The van der Waals surface area contributed by atoms with Crippen molar-refractivity contribution in [3.8, 4) is 0 Å². The van der Waals surface area contributed by atoms with Crippen LogP contribution in [0.2, 0.25) is 0 Å².